The smallest absolute Gasteiger partial charge is 0.315 e. The molecule has 3 heterocycles. The van der Waals surface area contributed by atoms with Gasteiger partial charge in [-0.2, -0.15) is 0 Å². The minimum absolute atomic E-state index is 0.0424. The van der Waals surface area contributed by atoms with E-state index in [0.717, 1.165) is 45.4 Å². The van der Waals surface area contributed by atoms with Gasteiger partial charge in [-0.1, -0.05) is 18.6 Å². The molecule has 0 aromatic carbocycles. The Hall–Kier alpha value is -1.07. The lowest BCUT2D eigenvalue weighted by atomic mass is 9.99. The summed E-state index contributed by atoms with van der Waals surface area (Å²) in [6, 6.07) is 1.28. The van der Waals surface area contributed by atoms with Crippen LogP contribution in [-0.4, -0.2) is 66.7 Å². The van der Waals surface area contributed by atoms with Crippen molar-refractivity contribution in [3.63, 3.8) is 0 Å². The minimum Gasteiger partial charge on any atom is -0.335 e. The van der Waals surface area contributed by atoms with Crippen molar-refractivity contribution in [2.45, 2.75) is 63.6 Å². The minimum atomic E-state index is 0.0424. The van der Waals surface area contributed by atoms with E-state index in [-0.39, 0.29) is 6.03 Å². The van der Waals surface area contributed by atoms with E-state index in [4.69, 9.17) is 0 Å². The molecule has 3 fully saturated rings. The van der Waals surface area contributed by atoms with Crippen LogP contribution < -0.4 is 10.6 Å². The number of rotatable bonds is 4. The number of carbonyl (C=O) groups is 1. The van der Waals surface area contributed by atoms with Crippen LogP contribution in [0.3, 0.4) is 0 Å². The van der Waals surface area contributed by atoms with Crippen molar-refractivity contribution < 1.29 is 4.79 Å². The second-order valence-electron chi connectivity index (χ2n) is 7.62. The summed E-state index contributed by atoms with van der Waals surface area (Å²) in [5, 5.41) is 6.45. The van der Waals surface area contributed by atoms with Crippen molar-refractivity contribution in [1.82, 2.24) is 20.4 Å². The van der Waals surface area contributed by atoms with E-state index >= 15 is 0 Å². The van der Waals surface area contributed by atoms with Crippen molar-refractivity contribution in [1.29, 1.82) is 0 Å². The van der Waals surface area contributed by atoms with E-state index in [9.17, 15) is 4.79 Å². The molecule has 3 aliphatic heterocycles. The van der Waals surface area contributed by atoms with E-state index < -0.39 is 0 Å². The van der Waals surface area contributed by atoms with Gasteiger partial charge in [0.25, 0.3) is 0 Å². The normalized spacial score (nSPS) is 30.0. The van der Waals surface area contributed by atoms with Crippen LogP contribution in [0, 0.1) is 0 Å². The summed E-state index contributed by atoms with van der Waals surface area (Å²) < 4.78 is 0. The number of fused-ring (bicyclic) bond motifs is 1. The zero-order valence-corrected chi connectivity index (χ0v) is 14.5. The van der Waals surface area contributed by atoms with E-state index in [1.165, 1.54) is 31.4 Å². The summed E-state index contributed by atoms with van der Waals surface area (Å²) in [6.07, 6.45) is 7.06. The Balaban J connectivity index is 1.39. The van der Waals surface area contributed by atoms with Crippen LogP contribution in [-0.2, 0) is 0 Å². The van der Waals surface area contributed by atoms with Gasteiger partial charge in [-0.25, -0.2) is 4.79 Å². The summed E-state index contributed by atoms with van der Waals surface area (Å²) >= 11 is 0. The maximum atomic E-state index is 12.3. The van der Waals surface area contributed by atoms with Gasteiger partial charge in [-0.05, 0) is 45.6 Å². The lowest BCUT2D eigenvalue weighted by Gasteiger charge is -2.34. The average Bonchev–Trinajstić information content (AvgIpc) is 2.92. The van der Waals surface area contributed by atoms with Crippen molar-refractivity contribution >= 4 is 6.03 Å². The first kappa shape index (κ1) is 16.8. The standard InChI is InChI=1S/C18H32N4O/c1-14(2)13-21-10-6-15(7-11-21)19-18(23)20-16-8-12-22-9-4-3-5-17(16)22/h15-17H,1,3-13H2,2H3,(H2,19,20,23)/t16-,17-/m1/s1. The molecule has 0 spiro atoms. The second-order valence-corrected chi connectivity index (χ2v) is 7.62. The Morgan fingerprint density at radius 2 is 1.83 bits per heavy atom. The molecule has 3 rings (SSSR count). The van der Waals surface area contributed by atoms with Gasteiger partial charge >= 0.3 is 6.03 Å². The quantitative estimate of drug-likeness (QED) is 0.779. The third-order valence-electron chi connectivity index (χ3n) is 5.59. The van der Waals surface area contributed by atoms with Crippen molar-refractivity contribution in [2.24, 2.45) is 0 Å². The maximum Gasteiger partial charge on any atom is 0.315 e. The number of carbonyl (C=O) groups excluding carboxylic acids is 1. The molecule has 0 unspecified atom stereocenters. The van der Waals surface area contributed by atoms with Crippen LogP contribution in [0.15, 0.2) is 12.2 Å². The Morgan fingerprint density at radius 1 is 1.04 bits per heavy atom. The molecule has 2 atom stereocenters. The fourth-order valence-corrected chi connectivity index (χ4v) is 4.43. The Labute approximate surface area is 140 Å². The third-order valence-corrected chi connectivity index (χ3v) is 5.59. The molecule has 0 saturated carbocycles. The Morgan fingerprint density at radius 3 is 2.57 bits per heavy atom. The first-order chi connectivity index (χ1) is 11.1. The fourth-order valence-electron chi connectivity index (χ4n) is 4.43. The molecule has 0 aromatic rings. The summed E-state index contributed by atoms with van der Waals surface area (Å²) in [7, 11) is 0. The second kappa shape index (κ2) is 7.67. The van der Waals surface area contributed by atoms with E-state index in [0.29, 0.717) is 18.1 Å². The molecule has 130 valence electrons. The SMILES string of the molecule is C=C(C)CN1CCC(NC(=O)N[C@@H]2CCN3CCCC[C@H]23)CC1. The average molecular weight is 320 g/mol. The molecule has 2 N–H and O–H groups in total. The highest BCUT2D eigenvalue weighted by Gasteiger charge is 2.36. The fraction of sp³-hybridized carbons (Fsp3) is 0.833. The van der Waals surface area contributed by atoms with Crippen LogP contribution in [0.5, 0.6) is 0 Å². The zero-order chi connectivity index (χ0) is 16.2. The number of urea groups is 1. The van der Waals surface area contributed by atoms with Gasteiger partial charge < -0.3 is 10.6 Å². The molecule has 3 saturated heterocycles. The number of nitrogens with zero attached hydrogens (tertiary/aromatic N) is 2. The Bertz CT molecular complexity index is 431. The summed E-state index contributed by atoms with van der Waals surface area (Å²) in [4.78, 5) is 17.3. The third kappa shape index (κ3) is 4.48. The lowest BCUT2D eigenvalue weighted by Crippen LogP contribution is -2.53. The maximum absolute atomic E-state index is 12.3. The van der Waals surface area contributed by atoms with Gasteiger partial charge in [0, 0.05) is 44.3 Å². The molecule has 5 heteroatoms. The van der Waals surface area contributed by atoms with E-state index in [1.54, 1.807) is 0 Å². The monoisotopic (exact) mass is 320 g/mol. The van der Waals surface area contributed by atoms with E-state index in [1.807, 2.05) is 0 Å². The number of nitrogens with one attached hydrogen (secondary N) is 2. The van der Waals surface area contributed by atoms with Crippen LogP contribution in [0.4, 0.5) is 4.79 Å². The van der Waals surface area contributed by atoms with Crippen LogP contribution in [0.2, 0.25) is 0 Å². The van der Waals surface area contributed by atoms with Crippen LogP contribution in [0.25, 0.3) is 0 Å². The molecule has 23 heavy (non-hydrogen) atoms. The number of amides is 2. The summed E-state index contributed by atoms with van der Waals surface area (Å²) in [5.41, 5.74) is 1.22. The van der Waals surface area contributed by atoms with Gasteiger partial charge in [0.05, 0.1) is 0 Å². The highest BCUT2D eigenvalue weighted by molar-refractivity contribution is 5.74. The number of hydrogen-bond donors (Lipinski definition) is 2. The van der Waals surface area contributed by atoms with Crippen LogP contribution >= 0.6 is 0 Å². The topological polar surface area (TPSA) is 47.6 Å². The predicted octanol–water partition coefficient (Wildman–Crippen LogP) is 1.95. The van der Waals surface area contributed by atoms with Crippen LogP contribution in [0.1, 0.15) is 45.4 Å². The van der Waals surface area contributed by atoms with Crippen molar-refractivity contribution in [2.75, 3.05) is 32.7 Å². The Kier molecular flexibility index (Phi) is 5.59. The van der Waals surface area contributed by atoms with Gasteiger partial charge in [0.2, 0.25) is 0 Å². The van der Waals surface area contributed by atoms with Gasteiger partial charge in [-0.15, -0.1) is 0 Å². The van der Waals surface area contributed by atoms with Gasteiger partial charge in [0.1, 0.15) is 0 Å². The zero-order valence-electron chi connectivity index (χ0n) is 14.5. The molecule has 0 bridgehead atoms. The first-order valence-electron chi connectivity index (χ1n) is 9.29. The molecule has 2 amide bonds. The van der Waals surface area contributed by atoms with E-state index in [2.05, 4.69) is 33.9 Å². The first-order valence-corrected chi connectivity index (χ1v) is 9.29. The number of likely N-dealkylation sites (tertiary alicyclic amines) is 1. The summed E-state index contributed by atoms with van der Waals surface area (Å²) in [6.45, 7) is 11.5. The molecule has 0 aliphatic carbocycles. The number of hydrogen-bond acceptors (Lipinski definition) is 3. The molecule has 5 nitrogen and oxygen atoms in total. The molecular weight excluding hydrogens is 288 g/mol. The number of piperidine rings is 2. The largest absolute Gasteiger partial charge is 0.335 e. The van der Waals surface area contributed by atoms with Crippen molar-refractivity contribution in [3.8, 4) is 0 Å². The summed E-state index contributed by atoms with van der Waals surface area (Å²) in [5.74, 6) is 0. The lowest BCUT2D eigenvalue weighted by molar-refractivity contribution is 0.175. The molecule has 0 radical (unpaired) electrons. The predicted molar refractivity (Wildman–Crippen MR) is 93.6 cm³/mol. The van der Waals surface area contributed by atoms with Gasteiger partial charge in [0.15, 0.2) is 0 Å². The molecular formula is C18H32N4O. The molecule has 3 aliphatic rings. The van der Waals surface area contributed by atoms with Crippen molar-refractivity contribution in [3.05, 3.63) is 12.2 Å². The highest BCUT2D eigenvalue weighted by atomic mass is 16.2. The molecule has 0 aromatic heterocycles. The van der Waals surface area contributed by atoms with Gasteiger partial charge in [-0.3, -0.25) is 9.80 Å². The highest BCUT2D eigenvalue weighted by Crippen LogP contribution is 2.27.